The standard InChI is InChI=1S/C13H15N3O3/c1-16-8-9(14-15-16)7-11(17)10-5-4-6-12(18-2)13(10)19-3/h4-6,8H,7H2,1-3H3. The van der Waals surface area contributed by atoms with Crippen molar-refractivity contribution in [1.82, 2.24) is 15.0 Å². The molecule has 0 spiro atoms. The Hall–Kier alpha value is -2.37. The molecule has 2 aromatic rings. The predicted molar refractivity (Wildman–Crippen MR) is 68.6 cm³/mol. The fourth-order valence-corrected chi connectivity index (χ4v) is 1.84. The third-order valence-electron chi connectivity index (χ3n) is 2.70. The maximum atomic E-state index is 12.3. The van der Waals surface area contributed by atoms with E-state index in [0.717, 1.165) is 0 Å². The van der Waals surface area contributed by atoms with Gasteiger partial charge in [0, 0.05) is 13.2 Å². The summed E-state index contributed by atoms with van der Waals surface area (Å²) in [6.45, 7) is 0. The first kappa shape index (κ1) is 13.1. The van der Waals surface area contributed by atoms with Crippen LogP contribution >= 0.6 is 0 Å². The normalized spacial score (nSPS) is 10.3. The van der Waals surface area contributed by atoms with Crippen LogP contribution in [-0.2, 0) is 13.5 Å². The monoisotopic (exact) mass is 261 g/mol. The van der Waals surface area contributed by atoms with Crippen LogP contribution in [0.4, 0.5) is 0 Å². The lowest BCUT2D eigenvalue weighted by Crippen LogP contribution is -2.07. The first-order valence-electron chi connectivity index (χ1n) is 5.75. The number of Topliss-reactive ketones (excluding diaryl/α,β-unsaturated/α-hetero) is 1. The second-order valence-electron chi connectivity index (χ2n) is 4.02. The lowest BCUT2D eigenvalue weighted by atomic mass is 10.1. The molecule has 0 aliphatic rings. The van der Waals surface area contributed by atoms with Crippen molar-refractivity contribution in [1.29, 1.82) is 0 Å². The van der Waals surface area contributed by atoms with E-state index in [1.165, 1.54) is 14.2 Å². The summed E-state index contributed by atoms with van der Waals surface area (Å²) in [4.78, 5) is 12.3. The van der Waals surface area contributed by atoms with Gasteiger partial charge < -0.3 is 9.47 Å². The minimum atomic E-state index is -0.0868. The van der Waals surface area contributed by atoms with Crippen molar-refractivity contribution in [2.45, 2.75) is 6.42 Å². The number of carbonyl (C=O) groups excluding carboxylic acids is 1. The van der Waals surface area contributed by atoms with Gasteiger partial charge in [-0.2, -0.15) is 0 Å². The topological polar surface area (TPSA) is 66.2 Å². The molecule has 100 valence electrons. The summed E-state index contributed by atoms with van der Waals surface area (Å²) in [5.41, 5.74) is 1.10. The number of hydrogen-bond donors (Lipinski definition) is 0. The van der Waals surface area contributed by atoms with Crippen LogP contribution in [0.1, 0.15) is 16.1 Å². The molecule has 1 aromatic carbocycles. The van der Waals surface area contributed by atoms with Gasteiger partial charge in [-0.3, -0.25) is 9.48 Å². The highest BCUT2D eigenvalue weighted by Gasteiger charge is 2.17. The first-order chi connectivity index (χ1) is 9.15. The second kappa shape index (κ2) is 5.51. The number of hydrogen-bond acceptors (Lipinski definition) is 5. The molecule has 0 amide bonds. The van der Waals surface area contributed by atoms with Crippen molar-refractivity contribution >= 4 is 5.78 Å². The Morgan fingerprint density at radius 3 is 2.68 bits per heavy atom. The molecule has 0 N–H and O–H groups in total. The van der Waals surface area contributed by atoms with E-state index in [2.05, 4.69) is 10.3 Å². The minimum absolute atomic E-state index is 0.0868. The fraction of sp³-hybridized carbons (Fsp3) is 0.308. The summed E-state index contributed by atoms with van der Waals surface area (Å²) in [6, 6.07) is 5.21. The van der Waals surface area contributed by atoms with E-state index in [1.807, 2.05) is 0 Å². The molecule has 1 heterocycles. The highest BCUT2D eigenvalue weighted by Crippen LogP contribution is 2.31. The third kappa shape index (κ3) is 2.73. The Bertz CT molecular complexity index is 593. The van der Waals surface area contributed by atoms with E-state index in [-0.39, 0.29) is 12.2 Å². The van der Waals surface area contributed by atoms with Crippen LogP contribution in [0.3, 0.4) is 0 Å². The van der Waals surface area contributed by atoms with Crippen LogP contribution in [0.25, 0.3) is 0 Å². The molecule has 0 aliphatic carbocycles. The number of aryl methyl sites for hydroxylation is 1. The molecule has 6 heteroatoms. The van der Waals surface area contributed by atoms with Crippen molar-refractivity contribution in [3.8, 4) is 11.5 Å². The number of carbonyl (C=O) groups is 1. The average Bonchev–Trinajstić information content (AvgIpc) is 2.82. The quantitative estimate of drug-likeness (QED) is 0.758. The van der Waals surface area contributed by atoms with Gasteiger partial charge in [-0.1, -0.05) is 11.3 Å². The van der Waals surface area contributed by atoms with Crippen molar-refractivity contribution in [3.63, 3.8) is 0 Å². The molecule has 0 bridgehead atoms. The number of para-hydroxylation sites is 1. The van der Waals surface area contributed by atoms with Crippen molar-refractivity contribution in [2.75, 3.05) is 14.2 Å². The highest BCUT2D eigenvalue weighted by atomic mass is 16.5. The van der Waals surface area contributed by atoms with Gasteiger partial charge in [0.15, 0.2) is 17.3 Å². The number of ether oxygens (including phenoxy) is 2. The van der Waals surface area contributed by atoms with E-state index in [9.17, 15) is 4.79 Å². The number of aromatic nitrogens is 3. The molecule has 0 atom stereocenters. The summed E-state index contributed by atoms with van der Waals surface area (Å²) >= 11 is 0. The summed E-state index contributed by atoms with van der Waals surface area (Å²) < 4.78 is 12.0. The van der Waals surface area contributed by atoms with Gasteiger partial charge in [-0.05, 0) is 12.1 Å². The Morgan fingerprint density at radius 2 is 2.11 bits per heavy atom. The predicted octanol–water partition coefficient (Wildman–Crippen LogP) is 1.26. The smallest absolute Gasteiger partial charge is 0.172 e. The molecule has 2 rings (SSSR count). The van der Waals surface area contributed by atoms with E-state index >= 15 is 0 Å². The summed E-state index contributed by atoms with van der Waals surface area (Å²) in [5.74, 6) is 0.891. The lowest BCUT2D eigenvalue weighted by Gasteiger charge is -2.11. The molecular formula is C13H15N3O3. The maximum absolute atomic E-state index is 12.3. The van der Waals surface area contributed by atoms with Gasteiger partial charge in [-0.25, -0.2) is 0 Å². The number of rotatable bonds is 5. The van der Waals surface area contributed by atoms with Crippen LogP contribution < -0.4 is 9.47 Å². The molecule has 0 saturated carbocycles. The Balaban J connectivity index is 2.28. The van der Waals surface area contributed by atoms with Crippen LogP contribution in [0.2, 0.25) is 0 Å². The molecular weight excluding hydrogens is 246 g/mol. The van der Waals surface area contributed by atoms with Gasteiger partial charge in [0.25, 0.3) is 0 Å². The summed E-state index contributed by atoms with van der Waals surface area (Å²) in [6.07, 6.45) is 1.89. The molecule has 0 fully saturated rings. The van der Waals surface area contributed by atoms with Crippen molar-refractivity contribution in [3.05, 3.63) is 35.7 Å². The molecule has 0 unspecified atom stereocenters. The molecule has 0 radical (unpaired) electrons. The summed E-state index contributed by atoms with van der Waals surface area (Å²) in [7, 11) is 4.80. The summed E-state index contributed by atoms with van der Waals surface area (Å²) in [5, 5.41) is 7.70. The van der Waals surface area contributed by atoms with Crippen LogP contribution in [0.15, 0.2) is 24.4 Å². The second-order valence-corrected chi connectivity index (χ2v) is 4.02. The first-order valence-corrected chi connectivity index (χ1v) is 5.75. The van der Waals surface area contributed by atoms with Crippen molar-refractivity contribution < 1.29 is 14.3 Å². The zero-order valence-corrected chi connectivity index (χ0v) is 11.1. The number of methoxy groups -OCH3 is 2. The molecule has 0 aliphatic heterocycles. The van der Waals surface area contributed by atoms with Gasteiger partial charge in [0.2, 0.25) is 0 Å². The third-order valence-corrected chi connectivity index (χ3v) is 2.70. The zero-order chi connectivity index (χ0) is 13.8. The number of ketones is 1. The van der Waals surface area contributed by atoms with E-state index < -0.39 is 0 Å². The van der Waals surface area contributed by atoms with Gasteiger partial charge in [-0.15, -0.1) is 5.10 Å². The molecule has 6 nitrogen and oxygen atoms in total. The molecule has 0 saturated heterocycles. The largest absolute Gasteiger partial charge is 0.493 e. The van der Waals surface area contributed by atoms with E-state index in [4.69, 9.17) is 9.47 Å². The van der Waals surface area contributed by atoms with Crippen LogP contribution in [0, 0.1) is 0 Å². The maximum Gasteiger partial charge on any atom is 0.172 e. The number of benzene rings is 1. The minimum Gasteiger partial charge on any atom is -0.493 e. The van der Waals surface area contributed by atoms with Crippen LogP contribution in [0.5, 0.6) is 11.5 Å². The van der Waals surface area contributed by atoms with Gasteiger partial charge >= 0.3 is 0 Å². The van der Waals surface area contributed by atoms with E-state index in [0.29, 0.717) is 22.8 Å². The Kier molecular flexibility index (Phi) is 3.79. The fourth-order valence-electron chi connectivity index (χ4n) is 1.84. The van der Waals surface area contributed by atoms with E-state index in [1.54, 1.807) is 36.1 Å². The Labute approximate surface area is 110 Å². The molecule has 19 heavy (non-hydrogen) atoms. The SMILES string of the molecule is COc1cccc(C(=O)Cc2cn(C)nn2)c1OC. The number of nitrogens with zero attached hydrogens (tertiary/aromatic N) is 3. The lowest BCUT2D eigenvalue weighted by molar-refractivity contribution is 0.0988. The highest BCUT2D eigenvalue weighted by molar-refractivity contribution is 6.00. The molecule has 1 aromatic heterocycles. The average molecular weight is 261 g/mol. The zero-order valence-electron chi connectivity index (χ0n) is 11.1. The Morgan fingerprint density at radius 1 is 1.32 bits per heavy atom. The van der Waals surface area contributed by atoms with Gasteiger partial charge in [0.1, 0.15) is 0 Å². The van der Waals surface area contributed by atoms with Gasteiger partial charge in [0.05, 0.1) is 31.9 Å². The van der Waals surface area contributed by atoms with Crippen LogP contribution in [-0.4, -0.2) is 35.0 Å². The van der Waals surface area contributed by atoms with Crippen molar-refractivity contribution in [2.24, 2.45) is 7.05 Å².